The van der Waals surface area contributed by atoms with Crippen molar-refractivity contribution in [2.24, 2.45) is 0 Å². The number of aromatic nitrogens is 2. The molecular weight excluding hydrogens is 454 g/mol. The van der Waals surface area contributed by atoms with Crippen molar-refractivity contribution in [1.82, 2.24) is 9.97 Å². The third-order valence-electron chi connectivity index (χ3n) is 5.43. The van der Waals surface area contributed by atoms with Gasteiger partial charge in [0.05, 0.1) is 11.4 Å². The van der Waals surface area contributed by atoms with Gasteiger partial charge in [-0.25, -0.2) is 14.8 Å². The van der Waals surface area contributed by atoms with Crippen LogP contribution >= 0.6 is 11.8 Å². The Morgan fingerprint density at radius 2 is 1.74 bits per heavy atom. The molecule has 2 aromatic carbocycles. The number of ether oxygens (including phenoxy) is 1. The van der Waals surface area contributed by atoms with Crippen LogP contribution in [0.1, 0.15) is 35.3 Å². The van der Waals surface area contributed by atoms with Crippen LogP contribution in [0.25, 0.3) is 0 Å². The zero-order valence-corrected chi connectivity index (χ0v) is 21.0. The van der Waals surface area contributed by atoms with E-state index in [9.17, 15) is 4.79 Å². The molecule has 180 valence electrons. The summed E-state index contributed by atoms with van der Waals surface area (Å²) in [6.45, 7) is 8.62. The Bertz CT molecular complexity index is 1120. The Balaban J connectivity index is 1.91. The van der Waals surface area contributed by atoms with Crippen molar-refractivity contribution in [2.75, 3.05) is 24.2 Å². The van der Waals surface area contributed by atoms with Crippen LogP contribution in [-0.4, -0.2) is 34.8 Å². The molecule has 0 amide bonds. The van der Waals surface area contributed by atoms with Gasteiger partial charge >= 0.3 is 5.97 Å². The fraction of sp³-hybridized carbons (Fsp3) is 0.207. The van der Waals surface area contributed by atoms with Gasteiger partial charge < -0.3 is 10.1 Å². The van der Waals surface area contributed by atoms with E-state index in [1.807, 2.05) is 36.0 Å². The van der Waals surface area contributed by atoms with Gasteiger partial charge in [-0.1, -0.05) is 91.5 Å². The average molecular weight is 486 g/mol. The summed E-state index contributed by atoms with van der Waals surface area (Å²) in [5.41, 5.74) is 3.94. The third kappa shape index (κ3) is 6.49. The van der Waals surface area contributed by atoms with E-state index in [1.165, 1.54) is 29.2 Å². The number of hydrogen-bond donors (Lipinski definition) is 1. The zero-order chi connectivity index (χ0) is 24.9. The van der Waals surface area contributed by atoms with Crippen molar-refractivity contribution in [3.05, 3.63) is 126 Å². The summed E-state index contributed by atoms with van der Waals surface area (Å²) in [4.78, 5) is 20.5. The Morgan fingerprint density at radius 3 is 2.34 bits per heavy atom. The van der Waals surface area contributed by atoms with Crippen LogP contribution in [-0.2, 0) is 9.48 Å². The van der Waals surface area contributed by atoms with Crippen LogP contribution in [0.15, 0.2) is 110 Å². The van der Waals surface area contributed by atoms with Crippen LogP contribution in [0.3, 0.4) is 0 Å². The lowest BCUT2D eigenvalue weighted by Gasteiger charge is -2.36. The second-order valence-corrected chi connectivity index (χ2v) is 8.97. The normalized spacial score (nSPS) is 11.9. The van der Waals surface area contributed by atoms with E-state index in [4.69, 9.17) is 4.74 Å². The van der Waals surface area contributed by atoms with E-state index < -0.39 is 10.7 Å². The number of allylic oxidation sites excluding steroid dienone is 4. The number of hydrogen-bond acceptors (Lipinski definition) is 6. The summed E-state index contributed by atoms with van der Waals surface area (Å²) >= 11 is 1.84. The molecule has 6 heteroatoms. The number of carbonyl (C=O) groups is 1. The Morgan fingerprint density at radius 1 is 1.09 bits per heavy atom. The number of esters is 1. The first-order valence-corrected chi connectivity index (χ1v) is 12.5. The van der Waals surface area contributed by atoms with E-state index in [0.29, 0.717) is 24.5 Å². The Hall–Kier alpha value is -3.64. The number of carbonyl (C=O) groups excluding carboxylic acids is 1. The first kappa shape index (κ1) is 26.0. The van der Waals surface area contributed by atoms with Crippen LogP contribution in [0, 0.1) is 0 Å². The predicted molar refractivity (Wildman–Crippen MR) is 146 cm³/mol. The van der Waals surface area contributed by atoms with E-state index in [-0.39, 0.29) is 0 Å². The molecule has 0 radical (unpaired) electrons. The van der Waals surface area contributed by atoms with Crippen molar-refractivity contribution in [2.45, 2.75) is 18.6 Å². The molecule has 0 aliphatic rings. The fourth-order valence-electron chi connectivity index (χ4n) is 3.85. The van der Waals surface area contributed by atoms with E-state index >= 15 is 0 Å². The second kappa shape index (κ2) is 13.3. The smallest absolute Gasteiger partial charge is 0.343 e. The summed E-state index contributed by atoms with van der Waals surface area (Å²) in [5.74, 6) is 0.802. The van der Waals surface area contributed by atoms with Crippen molar-refractivity contribution < 1.29 is 9.53 Å². The third-order valence-corrected chi connectivity index (χ3v) is 7.06. The van der Waals surface area contributed by atoms with Crippen LogP contribution < -0.4 is 5.32 Å². The SMILES string of the molecule is C=C/C=C\C=C(/C)C(SCCNc1ncncc1C(=O)OCC)(c1ccccc1)c1ccccc1. The van der Waals surface area contributed by atoms with Crippen LogP contribution in [0.5, 0.6) is 0 Å². The molecule has 0 unspecified atom stereocenters. The number of nitrogens with one attached hydrogen (secondary N) is 1. The maximum atomic E-state index is 12.3. The molecule has 0 atom stereocenters. The molecule has 3 aromatic rings. The maximum Gasteiger partial charge on any atom is 0.343 e. The zero-order valence-electron chi connectivity index (χ0n) is 20.2. The Kier molecular flexibility index (Phi) is 9.87. The van der Waals surface area contributed by atoms with Crippen LogP contribution in [0.4, 0.5) is 5.82 Å². The highest BCUT2D eigenvalue weighted by Gasteiger charge is 2.36. The van der Waals surface area contributed by atoms with Crippen molar-refractivity contribution >= 4 is 23.5 Å². The summed E-state index contributed by atoms with van der Waals surface area (Å²) in [5, 5.41) is 3.30. The second-order valence-electron chi connectivity index (χ2n) is 7.66. The predicted octanol–water partition coefficient (Wildman–Crippen LogP) is 6.43. The molecule has 0 fully saturated rings. The molecule has 35 heavy (non-hydrogen) atoms. The van der Waals surface area contributed by atoms with Crippen molar-refractivity contribution in [3.8, 4) is 0 Å². The highest BCUT2D eigenvalue weighted by molar-refractivity contribution is 8.00. The number of thioether (sulfide) groups is 1. The van der Waals surface area contributed by atoms with Gasteiger partial charge in [-0.3, -0.25) is 0 Å². The molecule has 0 aliphatic carbocycles. The molecule has 1 aromatic heterocycles. The average Bonchev–Trinajstić information content (AvgIpc) is 2.90. The maximum absolute atomic E-state index is 12.3. The van der Waals surface area contributed by atoms with Gasteiger partial charge in [-0.15, -0.1) is 11.8 Å². The van der Waals surface area contributed by atoms with Crippen LogP contribution in [0.2, 0.25) is 0 Å². The van der Waals surface area contributed by atoms with Gasteiger partial charge in [0.15, 0.2) is 0 Å². The Labute approximate surface area is 212 Å². The monoisotopic (exact) mass is 485 g/mol. The van der Waals surface area contributed by atoms with Gasteiger partial charge in [0.2, 0.25) is 0 Å². The molecule has 0 aliphatic heterocycles. The summed E-state index contributed by atoms with van der Waals surface area (Å²) in [7, 11) is 0. The van der Waals surface area contributed by atoms with Gasteiger partial charge in [0, 0.05) is 18.5 Å². The fourth-order valence-corrected chi connectivity index (χ4v) is 5.26. The molecule has 0 bridgehead atoms. The lowest BCUT2D eigenvalue weighted by Crippen LogP contribution is -2.27. The van der Waals surface area contributed by atoms with Gasteiger partial charge in [0.1, 0.15) is 17.7 Å². The minimum Gasteiger partial charge on any atom is -0.462 e. The topological polar surface area (TPSA) is 64.1 Å². The molecule has 0 spiro atoms. The van der Waals surface area contributed by atoms with E-state index in [0.717, 1.165) is 5.75 Å². The highest BCUT2D eigenvalue weighted by Crippen LogP contribution is 2.48. The van der Waals surface area contributed by atoms with Crippen molar-refractivity contribution in [1.29, 1.82) is 0 Å². The number of anilines is 1. The first-order valence-electron chi connectivity index (χ1n) is 11.6. The standard InChI is InChI=1S/C29H31N3O2S/c1-4-6-9-14-23(3)29(24-15-10-7-11-16-24,25-17-12-8-13-18-25)35-20-19-31-27-26(21-30-22-32-27)28(33)34-5-2/h4,6-18,21-22H,1,5,19-20H2,2-3H3,(H,30,31,32)/b9-6-,23-14+. The summed E-state index contributed by atoms with van der Waals surface area (Å²) < 4.78 is 4.74. The van der Waals surface area contributed by atoms with Gasteiger partial charge in [0.25, 0.3) is 0 Å². The van der Waals surface area contributed by atoms with Gasteiger partial charge in [-0.2, -0.15) is 0 Å². The minimum absolute atomic E-state index is 0.297. The van der Waals surface area contributed by atoms with Gasteiger partial charge in [-0.05, 0) is 30.5 Å². The minimum atomic E-state index is -0.432. The number of rotatable bonds is 12. The molecule has 0 saturated carbocycles. The lowest BCUT2D eigenvalue weighted by atomic mass is 9.84. The molecule has 5 nitrogen and oxygen atoms in total. The summed E-state index contributed by atoms with van der Waals surface area (Å²) in [6.07, 6.45) is 10.8. The first-order chi connectivity index (χ1) is 17.1. The quantitative estimate of drug-likeness (QED) is 0.181. The lowest BCUT2D eigenvalue weighted by molar-refractivity contribution is 0.0526. The molecule has 0 saturated heterocycles. The highest BCUT2D eigenvalue weighted by atomic mass is 32.2. The van der Waals surface area contributed by atoms with E-state index in [1.54, 1.807) is 13.0 Å². The largest absolute Gasteiger partial charge is 0.462 e. The number of nitrogens with zero attached hydrogens (tertiary/aromatic N) is 2. The number of benzene rings is 2. The van der Waals surface area contributed by atoms with E-state index in [2.05, 4.69) is 83.4 Å². The molecule has 3 rings (SSSR count). The molecular formula is C29H31N3O2S. The summed E-state index contributed by atoms with van der Waals surface area (Å²) in [6, 6.07) is 21.1. The van der Waals surface area contributed by atoms with Crippen molar-refractivity contribution in [3.63, 3.8) is 0 Å². The molecule has 1 N–H and O–H groups in total. The molecule has 1 heterocycles.